The monoisotopic (exact) mass is 505 g/mol. The Morgan fingerprint density at radius 3 is 2.49 bits per heavy atom. The first-order valence-electron chi connectivity index (χ1n) is 12.1. The third-order valence-electron chi connectivity index (χ3n) is 6.44. The van der Waals surface area contributed by atoms with E-state index in [1.807, 2.05) is 59.9 Å². The highest BCUT2D eigenvalue weighted by Crippen LogP contribution is 2.35. The van der Waals surface area contributed by atoms with Crippen molar-refractivity contribution >= 4 is 57.1 Å². The summed E-state index contributed by atoms with van der Waals surface area (Å²) >= 11 is 6.90. The summed E-state index contributed by atoms with van der Waals surface area (Å²) in [5, 5.41) is 1.05. The van der Waals surface area contributed by atoms with Gasteiger partial charge in [-0.25, -0.2) is 0 Å². The SMILES string of the molecule is CCc1cccc2c(/C=C3\SC(=S)N(CCc4ccccc4)C3=O)cn(CC(=O)N(CC)CC)c12. The number of hydrogen-bond acceptors (Lipinski definition) is 4. The molecule has 0 bridgehead atoms. The molecule has 1 saturated heterocycles. The van der Waals surface area contributed by atoms with Crippen LogP contribution in [0.4, 0.5) is 0 Å². The van der Waals surface area contributed by atoms with Crippen LogP contribution in [0.3, 0.4) is 0 Å². The molecule has 0 aliphatic carbocycles. The Kier molecular flexibility index (Phi) is 8.08. The number of carbonyl (C=O) groups excluding carboxylic acids is 2. The zero-order chi connectivity index (χ0) is 24.9. The maximum Gasteiger partial charge on any atom is 0.266 e. The van der Waals surface area contributed by atoms with Crippen LogP contribution in [-0.4, -0.2) is 50.1 Å². The van der Waals surface area contributed by atoms with Crippen LogP contribution in [0.5, 0.6) is 0 Å². The van der Waals surface area contributed by atoms with Gasteiger partial charge >= 0.3 is 0 Å². The van der Waals surface area contributed by atoms with Crippen LogP contribution in [0, 0.1) is 0 Å². The standard InChI is InChI=1S/C28H31N3O2S2/c1-4-21-13-10-14-23-22(18-30(26(21)23)19-25(32)29(5-2)6-3)17-24-27(33)31(28(34)35-24)16-15-20-11-8-7-9-12-20/h7-14,17-18H,4-6,15-16,19H2,1-3H3/b24-17-. The number of amides is 2. The van der Waals surface area contributed by atoms with Crippen molar-refractivity contribution in [3.05, 3.63) is 76.3 Å². The number of aromatic nitrogens is 1. The fourth-order valence-corrected chi connectivity index (χ4v) is 5.83. The van der Waals surface area contributed by atoms with Gasteiger partial charge in [0.1, 0.15) is 10.9 Å². The molecule has 3 aromatic rings. The van der Waals surface area contributed by atoms with Crippen molar-refractivity contribution in [3.63, 3.8) is 0 Å². The summed E-state index contributed by atoms with van der Waals surface area (Å²) in [4.78, 5) is 30.3. The predicted molar refractivity (Wildman–Crippen MR) is 149 cm³/mol. The normalized spacial score (nSPS) is 14.9. The third-order valence-corrected chi connectivity index (χ3v) is 7.82. The van der Waals surface area contributed by atoms with E-state index < -0.39 is 0 Å². The Morgan fingerprint density at radius 2 is 1.80 bits per heavy atom. The molecule has 1 aliphatic rings. The topological polar surface area (TPSA) is 45.6 Å². The Morgan fingerprint density at radius 1 is 1.06 bits per heavy atom. The zero-order valence-electron chi connectivity index (χ0n) is 20.5. The second-order valence-electron chi connectivity index (χ2n) is 8.51. The van der Waals surface area contributed by atoms with Crippen molar-refractivity contribution in [1.29, 1.82) is 0 Å². The van der Waals surface area contributed by atoms with Crippen LogP contribution in [0.25, 0.3) is 17.0 Å². The maximum atomic E-state index is 13.2. The van der Waals surface area contributed by atoms with Gasteiger partial charge < -0.3 is 9.47 Å². The molecule has 4 rings (SSSR count). The van der Waals surface area contributed by atoms with E-state index in [1.54, 1.807) is 4.90 Å². The van der Waals surface area contributed by atoms with Crippen LogP contribution < -0.4 is 0 Å². The van der Waals surface area contributed by atoms with Gasteiger partial charge in [-0.2, -0.15) is 0 Å². The first kappa shape index (κ1) is 25.2. The maximum absolute atomic E-state index is 13.2. The zero-order valence-corrected chi connectivity index (χ0v) is 22.1. The molecule has 5 nitrogen and oxygen atoms in total. The van der Waals surface area contributed by atoms with Gasteiger partial charge in [0.2, 0.25) is 5.91 Å². The molecule has 1 fully saturated rings. The van der Waals surface area contributed by atoms with Crippen molar-refractivity contribution < 1.29 is 9.59 Å². The van der Waals surface area contributed by atoms with Crippen LogP contribution >= 0.6 is 24.0 Å². The lowest BCUT2D eigenvalue weighted by atomic mass is 10.1. The van der Waals surface area contributed by atoms with Crippen LogP contribution in [0.1, 0.15) is 37.5 Å². The average Bonchev–Trinajstić information content (AvgIpc) is 3.35. The first-order valence-corrected chi connectivity index (χ1v) is 13.4. The van der Waals surface area contributed by atoms with E-state index in [9.17, 15) is 9.59 Å². The number of fused-ring (bicyclic) bond motifs is 1. The summed E-state index contributed by atoms with van der Waals surface area (Å²) in [5.41, 5.74) is 4.36. The number of aryl methyl sites for hydroxylation is 1. The molecule has 0 saturated carbocycles. The van der Waals surface area contributed by atoms with Gasteiger partial charge in [0.25, 0.3) is 5.91 Å². The van der Waals surface area contributed by atoms with E-state index in [-0.39, 0.29) is 18.4 Å². The van der Waals surface area contributed by atoms with Crippen LogP contribution in [-0.2, 0) is 29.0 Å². The lowest BCUT2D eigenvalue weighted by Gasteiger charge is -2.19. The molecular formula is C28H31N3O2S2. The second kappa shape index (κ2) is 11.2. The van der Waals surface area contributed by atoms with E-state index >= 15 is 0 Å². The summed E-state index contributed by atoms with van der Waals surface area (Å²) in [6.07, 6.45) is 5.55. The van der Waals surface area contributed by atoms with Crippen molar-refractivity contribution in [2.75, 3.05) is 19.6 Å². The molecule has 0 atom stereocenters. The third kappa shape index (κ3) is 5.36. The van der Waals surface area contributed by atoms with Crippen molar-refractivity contribution in [1.82, 2.24) is 14.4 Å². The highest BCUT2D eigenvalue weighted by atomic mass is 32.2. The van der Waals surface area contributed by atoms with Gasteiger partial charge in [-0.3, -0.25) is 14.5 Å². The van der Waals surface area contributed by atoms with Crippen LogP contribution in [0.2, 0.25) is 0 Å². The van der Waals surface area contributed by atoms with E-state index in [0.29, 0.717) is 28.9 Å². The number of thioether (sulfide) groups is 1. The predicted octanol–water partition coefficient (Wildman–Crippen LogP) is 5.52. The minimum atomic E-state index is -0.0531. The molecule has 35 heavy (non-hydrogen) atoms. The highest BCUT2D eigenvalue weighted by molar-refractivity contribution is 8.26. The highest BCUT2D eigenvalue weighted by Gasteiger charge is 2.32. The number of para-hydroxylation sites is 1. The van der Waals surface area contributed by atoms with E-state index in [4.69, 9.17) is 12.2 Å². The van der Waals surface area contributed by atoms with E-state index in [1.165, 1.54) is 22.9 Å². The van der Waals surface area contributed by atoms with Gasteiger partial charge in [-0.1, -0.05) is 79.4 Å². The number of benzene rings is 2. The van der Waals surface area contributed by atoms with Gasteiger partial charge in [-0.15, -0.1) is 0 Å². The molecule has 182 valence electrons. The van der Waals surface area contributed by atoms with Crippen molar-refractivity contribution in [2.45, 2.75) is 40.2 Å². The van der Waals surface area contributed by atoms with Gasteiger partial charge in [0.15, 0.2) is 0 Å². The van der Waals surface area contributed by atoms with Crippen molar-refractivity contribution in [2.24, 2.45) is 0 Å². The smallest absolute Gasteiger partial charge is 0.266 e. The summed E-state index contributed by atoms with van der Waals surface area (Å²) < 4.78 is 2.63. The molecule has 1 aromatic heterocycles. The Balaban J connectivity index is 1.64. The molecule has 0 radical (unpaired) electrons. The Bertz CT molecular complexity index is 1280. The molecule has 2 aromatic carbocycles. The molecule has 2 amide bonds. The Labute approximate surface area is 216 Å². The van der Waals surface area contributed by atoms with Gasteiger partial charge in [-0.05, 0) is 43.9 Å². The van der Waals surface area contributed by atoms with Gasteiger partial charge in [0, 0.05) is 36.8 Å². The van der Waals surface area contributed by atoms with E-state index in [0.717, 1.165) is 29.3 Å². The molecule has 7 heteroatoms. The number of nitrogens with zero attached hydrogens (tertiary/aromatic N) is 3. The quantitative estimate of drug-likeness (QED) is 0.284. The molecular weight excluding hydrogens is 474 g/mol. The minimum Gasteiger partial charge on any atom is -0.342 e. The molecule has 0 N–H and O–H groups in total. The molecule has 2 heterocycles. The largest absolute Gasteiger partial charge is 0.342 e. The number of likely N-dealkylation sites (N-methyl/N-ethyl adjacent to an activating group) is 1. The fraction of sp³-hybridized carbons (Fsp3) is 0.321. The minimum absolute atomic E-state index is 0.0531. The molecule has 0 spiro atoms. The lowest BCUT2D eigenvalue weighted by Crippen LogP contribution is -2.33. The number of rotatable bonds is 9. The lowest BCUT2D eigenvalue weighted by molar-refractivity contribution is -0.131. The fourth-order valence-electron chi connectivity index (χ4n) is 4.53. The summed E-state index contributed by atoms with van der Waals surface area (Å²) in [6, 6.07) is 16.3. The van der Waals surface area contributed by atoms with E-state index in [2.05, 4.69) is 31.2 Å². The van der Waals surface area contributed by atoms with Crippen LogP contribution in [0.15, 0.2) is 59.6 Å². The average molecular weight is 506 g/mol. The first-order chi connectivity index (χ1) is 17.0. The second-order valence-corrected chi connectivity index (χ2v) is 10.2. The number of thiocarbonyl (C=S) groups is 1. The van der Waals surface area contributed by atoms with Gasteiger partial charge in [0.05, 0.1) is 10.4 Å². The van der Waals surface area contributed by atoms with Crippen molar-refractivity contribution in [3.8, 4) is 0 Å². The summed E-state index contributed by atoms with van der Waals surface area (Å²) in [7, 11) is 0. The number of carbonyl (C=O) groups is 2. The number of hydrogen-bond donors (Lipinski definition) is 0. The molecule has 1 aliphatic heterocycles. The summed E-state index contributed by atoms with van der Waals surface area (Å²) in [5.74, 6) is 0.0410. The molecule has 0 unspecified atom stereocenters. The summed E-state index contributed by atoms with van der Waals surface area (Å²) in [6.45, 7) is 8.33. The Hall–Kier alpha value is -2.90.